The molecule has 0 aromatic heterocycles. The zero-order valence-electron chi connectivity index (χ0n) is 13.0. The summed E-state index contributed by atoms with van der Waals surface area (Å²) in [5, 5.41) is 0. The number of carbonyl (C=O) groups excluding carboxylic acids is 3. The highest BCUT2D eigenvalue weighted by Crippen LogP contribution is 2.59. The van der Waals surface area contributed by atoms with Gasteiger partial charge >= 0.3 is 11.9 Å². The van der Waals surface area contributed by atoms with Crippen LogP contribution in [-0.4, -0.2) is 45.2 Å². The van der Waals surface area contributed by atoms with Crippen LogP contribution >= 0.6 is 0 Å². The van der Waals surface area contributed by atoms with Gasteiger partial charge in [-0.3, -0.25) is 14.4 Å². The Balaban J connectivity index is 2.21. The van der Waals surface area contributed by atoms with Gasteiger partial charge < -0.3 is 14.2 Å². The Kier molecular flexibility index (Phi) is 3.97. The molecule has 6 heteroatoms. The van der Waals surface area contributed by atoms with Gasteiger partial charge in [-0.2, -0.15) is 0 Å². The number of ether oxygens (including phenoxy) is 3. The first-order valence-corrected chi connectivity index (χ1v) is 7.84. The van der Waals surface area contributed by atoms with Crippen molar-refractivity contribution in [1.82, 2.24) is 0 Å². The maximum Gasteiger partial charge on any atom is 0.313 e. The van der Waals surface area contributed by atoms with Crippen LogP contribution in [0.2, 0.25) is 0 Å². The van der Waals surface area contributed by atoms with E-state index in [2.05, 4.69) is 0 Å². The molecule has 5 atom stereocenters. The van der Waals surface area contributed by atoms with Crippen molar-refractivity contribution < 1.29 is 28.6 Å². The lowest BCUT2D eigenvalue weighted by molar-refractivity contribution is -0.176. The van der Waals surface area contributed by atoms with E-state index >= 15 is 0 Å². The molecule has 0 spiro atoms. The first-order valence-electron chi connectivity index (χ1n) is 7.84. The molecule has 0 unspecified atom stereocenters. The third-order valence-corrected chi connectivity index (χ3v) is 5.84. The van der Waals surface area contributed by atoms with Gasteiger partial charge in [-0.05, 0) is 31.1 Å². The van der Waals surface area contributed by atoms with Crippen LogP contribution in [0.1, 0.15) is 25.7 Å². The monoisotopic (exact) mass is 310 g/mol. The highest BCUT2D eigenvalue weighted by atomic mass is 16.5. The minimum Gasteiger partial charge on any atom is -0.469 e. The average molecular weight is 310 g/mol. The predicted molar refractivity (Wildman–Crippen MR) is 74.7 cm³/mol. The summed E-state index contributed by atoms with van der Waals surface area (Å²) in [6.45, 7) is 0.776. The lowest BCUT2D eigenvalue weighted by atomic mass is 9.60. The summed E-state index contributed by atoms with van der Waals surface area (Å²) in [4.78, 5) is 38.0. The van der Waals surface area contributed by atoms with Crippen LogP contribution in [0.25, 0.3) is 0 Å². The van der Waals surface area contributed by atoms with Crippen LogP contribution in [0, 0.1) is 29.1 Å². The maximum atomic E-state index is 12.8. The summed E-state index contributed by atoms with van der Waals surface area (Å²) in [5.41, 5.74) is -1.11. The van der Waals surface area contributed by atoms with Crippen molar-refractivity contribution in [3.05, 3.63) is 0 Å². The number of Topliss-reactive ketones (excluding diaryl/α,β-unsaturated/α-hetero) is 1. The van der Waals surface area contributed by atoms with Gasteiger partial charge in [0.1, 0.15) is 5.78 Å². The number of hydrogen-bond acceptors (Lipinski definition) is 6. The molecule has 1 aliphatic heterocycles. The molecule has 122 valence electrons. The molecule has 0 aromatic rings. The fraction of sp³-hybridized carbons (Fsp3) is 0.812. The number of methoxy groups -OCH3 is 2. The van der Waals surface area contributed by atoms with Gasteiger partial charge in [0, 0.05) is 12.3 Å². The molecule has 3 rings (SSSR count). The number of ketones is 1. The molecule has 2 bridgehead atoms. The molecule has 2 aliphatic carbocycles. The maximum absolute atomic E-state index is 12.8. The summed E-state index contributed by atoms with van der Waals surface area (Å²) < 4.78 is 15.8. The second-order valence-corrected chi connectivity index (χ2v) is 6.55. The van der Waals surface area contributed by atoms with Gasteiger partial charge in [0.2, 0.25) is 0 Å². The Morgan fingerprint density at radius 3 is 2.59 bits per heavy atom. The topological polar surface area (TPSA) is 78.9 Å². The van der Waals surface area contributed by atoms with E-state index in [1.165, 1.54) is 14.2 Å². The SMILES string of the molecule is COC(=O)[C@@H]1[C@@H]2CCC(=O)[C@H]3CC[C@@H](COC2)[C@@]31C(=O)OC. The summed E-state index contributed by atoms with van der Waals surface area (Å²) in [6.07, 6.45) is 2.26. The van der Waals surface area contributed by atoms with Crippen LogP contribution in [0.15, 0.2) is 0 Å². The molecule has 0 aromatic carbocycles. The van der Waals surface area contributed by atoms with E-state index < -0.39 is 29.2 Å². The largest absolute Gasteiger partial charge is 0.469 e. The molecule has 0 radical (unpaired) electrons. The van der Waals surface area contributed by atoms with E-state index in [1.54, 1.807) is 0 Å². The zero-order valence-corrected chi connectivity index (χ0v) is 13.0. The number of fused-ring (bicyclic) bond motifs is 1. The first kappa shape index (κ1) is 15.5. The van der Waals surface area contributed by atoms with Gasteiger partial charge in [0.05, 0.1) is 38.8 Å². The lowest BCUT2D eigenvalue weighted by Crippen LogP contribution is -2.53. The molecule has 1 saturated heterocycles. The van der Waals surface area contributed by atoms with Crippen LogP contribution in [0.3, 0.4) is 0 Å². The minimum atomic E-state index is -1.11. The fourth-order valence-electron chi connectivity index (χ4n) is 4.98. The molecule has 22 heavy (non-hydrogen) atoms. The van der Waals surface area contributed by atoms with E-state index in [9.17, 15) is 14.4 Å². The van der Waals surface area contributed by atoms with Crippen LogP contribution in [-0.2, 0) is 28.6 Å². The molecule has 3 fully saturated rings. The zero-order chi connectivity index (χ0) is 15.9. The number of hydrogen-bond donors (Lipinski definition) is 0. The van der Waals surface area contributed by atoms with Gasteiger partial charge in [0.15, 0.2) is 0 Å². The van der Waals surface area contributed by atoms with Crippen LogP contribution in [0.4, 0.5) is 0 Å². The average Bonchev–Trinajstić information content (AvgIpc) is 2.74. The Labute approximate surface area is 129 Å². The van der Waals surface area contributed by atoms with Crippen molar-refractivity contribution in [2.75, 3.05) is 27.4 Å². The number of carbonyl (C=O) groups is 3. The molecule has 0 amide bonds. The normalized spacial score (nSPS) is 40.5. The Bertz CT molecular complexity index is 501. The highest BCUT2D eigenvalue weighted by Gasteiger charge is 2.68. The van der Waals surface area contributed by atoms with Crippen molar-refractivity contribution in [2.45, 2.75) is 25.7 Å². The second kappa shape index (κ2) is 5.65. The first-order chi connectivity index (χ1) is 10.6. The van der Waals surface area contributed by atoms with Crippen LogP contribution < -0.4 is 0 Å². The fourth-order valence-corrected chi connectivity index (χ4v) is 4.98. The van der Waals surface area contributed by atoms with E-state index in [0.29, 0.717) is 38.9 Å². The molecule has 1 heterocycles. The van der Waals surface area contributed by atoms with Gasteiger partial charge in [-0.25, -0.2) is 0 Å². The minimum absolute atomic E-state index is 0.0752. The van der Waals surface area contributed by atoms with E-state index in [0.717, 1.165) is 0 Å². The Morgan fingerprint density at radius 2 is 1.91 bits per heavy atom. The summed E-state index contributed by atoms with van der Waals surface area (Å²) in [7, 11) is 2.65. The van der Waals surface area contributed by atoms with Crippen molar-refractivity contribution >= 4 is 17.7 Å². The van der Waals surface area contributed by atoms with Gasteiger partial charge in [-0.1, -0.05) is 0 Å². The Morgan fingerprint density at radius 1 is 1.14 bits per heavy atom. The number of rotatable bonds is 2. The lowest BCUT2D eigenvalue weighted by Gasteiger charge is -2.40. The van der Waals surface area contributed by atoms with E-state index in [1.807, 2.05) is 0 Å². The Hall–Kier alpha value is -1.43. The quantitative estimate of drug-likeness (QED) is 0.707. The van der Waals surface area contributed by atoms with E-state index in [4.69, 9.17) is 14.2 Å². The molecule has 3 aliphatic rings. The summed E-state index contributed by atoms with van der Waals surface area (Å²) in [6, 6.07) is 0. The summed E-state index contributed by atoms with van der Waals surface area (Å²) in [5.74, 6) is -2.26. The summed E-state index contributed by atoms with van der Waals surface area (Å²) >= 11 is 0. The van der Waals surface area contributed by atoms with Crippen molar-refractivity contribution in [2.24, 2.45) is 29.1 Å². The second-order valence-electron chi connectivity index (χ2n) is 6.55. The molecule has 0 N–H and O–H groups in total. The number of esters is 2. The van der Waals surface area contributed by atoms with Crippen LogP contribution in [0.5, 0.6) is 0 Å². The van der Waals surface area contributed by atoms with Crippen molar-refractivity contribution in [3.8, 4) is 0 Å². The third kappa shape index (κ3) is 1.93. The van der Waals surface area contributed by atoms with Gasteiger partial charge in [-0.15, -0.1) is 0 Å². The molecular formula is C16H22O6. The molecular weight excluding hydrogens is 288 g/mol. The molecule has 6 nitrogen and oxygen atoms in total. The van der Waals surface area contributed by atoms with Gasteiger partial charge in [0.25, 0.3) is 0 Å². The smallest absolute Gasteiger partial charge is 0.313 e. The highest BCUT2D eigenvalue weighted by molar-refractivity contribution is 5.95. The van der Waals surface area contributed by atoms with Crippen molar-refractivity contribution in [3.63, 3.8) is 0 Å². The van der Waals surface area contributed by atoms with Crippen molar-refractivity contribution in [1.29, 1.82) is 0 Å². The van der Waals surface area contributed by atoms with E-state index in [-0.39, 0.29) is 17.6 Å². The third-order valence-electron chi connectivity index (χ3n) is 5.84. The standard InChI is InChI=1S/C16H22O6/c1-20-14(18)13-9-3-6-12(17)11-5-4-10(8-22-7-9)16(11,13)15(19)21-2/h9-11,13H,3-8H2,1-2H3/t9-,10+,11-,13+,16-/m1/s1. The molecule has 2 saturated carbocycles. The predicted octanol–water partition coefficient (Wildman–Crippen LogP) is 0.970.